The molecule has 176 valence electrons. The van der Waals surface area contributed by atoms with E-state index >= 15 is 0 Å². The zero-order chi connectivity index (χ0) is 24.3. The Morgan fingerprint density at radius 3 is 2.61 bits per heavy atom. The molecule has 33 heavy (non-hydrogen) atoms. The summed E-state index contributed by atoms with van der Waals surface area (Å²) < 4.78 is 11.3. The van der Waals surface area contributed by atoms with Crippen LogP contribution < -0.4 is 10.5 Å². The van der Waals surface area contributed by atoms with Crippen molar-refractivity contribution >= 4 is 23.5 Å². The standard InChI is InChI=1S/C23H27N3O6S/c1-5-14-7-15(6-11(2)19(14)31-10-16(28)8-17(29)21(24)30)22-25-23(32-26-22)20-13(4)12(3)18(9-27)33-20/h6-7,9,16-17,28-29H,5,8,10H2,1-4H3,(H2,24,30)/t16-,17?/m0/s1. The molecule has 2 atom stereocenters. The summed E-state index contributed by atoms with van der Waals surface area (Å²) in [5.74, 6) is 0.490. The highest BCUT2D eigenvalue weighted by Crippen LogP contribution is 2.36. The number of aryl methyl sites for hydroxylation is 2. The van der Waals surface area contributed by atoms with E-state index in [-0.39, 0.29) is 13.0 Å². The first-order valence-corrected chi connectivity index (χ1v) is 11.3. The number of hydrogen-bond acceptors (Lipinski definition) is 9. The fourth-order valence-electron chi connectivity index (χ4n) is 3.43. The number of carbonyl (C=O) groups excluding carboxylic acids is 2. The first-order valence-electron chi connectivity index (χ1n) is 10.5. The molecule has 0 aliphatic heterocycles. The van der Waals surface area contributed by atoms with Gasteiger partial charge in [0.1, 0.15) is 18.5 Å². The number of aliphatic hydroxyl groups excluding tert-OH is 2. The van der Waals surface area contributed by atoms with Crippen LogP contribution in [-0.4, -0.2) is 51.4 Å². The highest BCUT2D eigenvalue weighted by molar-refractivity contribution is 7.17. The summed E-state index contributed by atoms with van der Waals surface area (Å²) in [4.78, 5) is 28.2. The lowest BCUT2D eigenvalue weighted by Gasteiger charge is -2.18. The van der Waals surface area contributed by atoms with E-state index < -0.39 is 18.1 Å². The number of thiophene rings is 1. The summed E-state index contributed by atoms with van der Waals surface area (Å²) in [6, 6.07) is 3.75. The number of aromatic nitrogens is 2. The van der Waals surface area contributed by atoms with Crippen LogP contribution in [0.4, 0.5) is 0 Å². The van der Waals surface area contributed by atoms with Crippen LogP contribution in [0.5, 0.6) is 5.75 Å². The van der Waals surface area contributed by atoms with Gasteiger partial charge in [0, 0.05) is 12.0 Å². The van der Waals surface area contributed by atoms with E-state index in [1.165, 1.54) is 11.3 Å². The lowest BCUT2D eigenvalue weighted by molar-refractivity contribution is -0.127. The van der Waals surface area contributed by atoms with Crippen LogP contribution in [0.2, 0.25) is 0 Å². The highest BCUT2D eigenvalue weighted by atomic mass is 32.1. The largest absolute Gasteiger partial charge is 0.490 e. The van der Waals surface area contributed by atoms with Gasteiger partial charge in [0.25, 0.3) is 5.89 Å². The van der Waals surface area contributed by atoms with Gasteiger partial charge in [-0.25, -0.2) is 0 Å². The number of benzene rings is 1. The molecule has 0 aliphatic carbocycles. The molecule has 0 spiro atoms. The van der Waals surface area contributed by atoms with Crippen molar-refractivity contribution in [2.24, 2.45) is 5.73 Å². The normalized spacial score (nSPS) is 13.0. The van der Waals surface area contributed by atoms with E-state index in [1.807, 2.05) is 39.8 Å². The van der Waals surface area contributed by atoms with Crippen molar-refractivity contribution in [3.05, 3.63) is 39.3 Å². The van der Waals surface area contributed by atoms with E-state index in [4.69, 9.17) is 15.0 Å². The van der Waals surface area contributed by atoms with Crippen LogP contribution in [0, 0.1) is 20.8 Å². The number of amides is 1. The van der Waals surface area contributed by atoms with Crippen LogP contribution in [0.15, 0.2) is 16.7 Å². The monoisotopic (exact) mass is 473 g/mol. The van der Waals surface area contributed by atoms with Gasteiger partial charge < -0.3 is 25.2 Å². The summed E-state index contributed by atoms with van der Waals surface area (Å²) in [5.41, 5.74) is 9.30. The number of aliphatic hydroxyl groups is 2. The minimum atomic E-state index is -1.43. The molecule has 9 nitrogen and oxygen atoms in total. The summed E-state index contributed by atoms with van der Waals surface area (Å²) in [5, 5.41) is 23.7. The Kier molecular flexibility index (Phi) is 7.62. The van der Waals surface area contributed by atoms with Crippen LogP contribution in [-0.2, 0) is 11.2 Å². The molecule has 0 fully saturated rings. The molecule has 0 saturated heterocycles. The fraction of sp³-hybridized carbons (Fsp3) is 0.391. The molecule has 0 aliphatic rings. The number of ether oxygens (including phenoxy) is 1. The molecule has 0 saturated carbocycles. The Hall–Kier alpha value is -3.08. The SMILES string of the molecule is CCc1cc(-c2noc(-c3sc(C=O)c(C)c3C)n2)cc(C)c1OC[C@@H](O)CC(O)C(N)=O. The van der Waals surface area contributed by atoms with Gasteiger partial charge in [-0.15, -0.1) is 11.3 Å². The maximum atomic E-state index is 11.3. The van der Waals surface area contributed by atoms with E-state index in [2.05, 4.69) is 10.1 Å². The predicted octanol–water partition coefficient (Wildman–Crippen LogP) is 2.74. The van der Waals surface area contributed by atoms with Crippen LogP contribution in [0.25, 0.3) is 22.2 Å². The van der Waals surface area contributed by atoms with Crippen molar-refractivity contribution in [3.8, 4) is 27.9 Å². The fourth-order valence-corrected chi connectivity index (χ4v) is 4.48. The van der Waals surface area contributed by atoms with Crippen molar-refractivity contribution in [1.82, 2.24) is 10.1 Å². The van der Waals surface area contributed by atoms with Gasteiger partial charge in [-0.2, -0.15) is 4.98 Å². The van der Waals surface area contributed by atoms with Gasteiger partial charge in [0.05, 0.1) is 15.9 Å². The topological polar surface area (TPSA) is 149 Å². The second kappa shape index (κ2) is 10.2. The third-order valence-electron chi connectivity index (χ3n) is 5.45. The number of primary amides is 1. The molecule has 2 heterocycles. The zero-order valence-corrected chi connectivity index (χ0v) is 19.7. The third-order valence-corrected chi connectivity index (χ3v) is 6.75. The maximum absolute atomic E-state index is 11.3. The molecule has 2 aromatic heterocycles. The van der Waals surface area contributed by atoms with Gasteiger partial charge in [-0.05, 0) is 61.6 Å². The minimum absolute atomic E-state index is 0.0973. The number of nitrogens with zero attached hydrogens (tertiary/aromatic N) is 2. The molecule has 10 heteroatoms. The van der Waals surface area contributed by atoms with Crippen molar-refractivity contribution in [2.75, 3.05) is 6.61 Å². The Morgan fingerprint density at radius 2 is 2.00 bits per heavy atom. The summed E-state index contributed by atoms with van der Waals surface area (Å²) in [7, 11) is 0. The summed E-state index contributed by atoms with van der Waals surface area (Å²) in [6.45, 7) is 7.55. The average Bonchev–Trinajstić information content (AvgIpc) is 3.37. The third kappa shape index (κ3) is 5.29. The Bertz CT molecular complexity index is 1170. The maximum Gasteiger partial charge on any atom is 0.268 e. The van der Waals surface area contributed by atoms with Gasteiger partial charge in [0.2, 0.25) is 11.7 Å². The van der Waals surface area contributed by atoms with Gasteiger partial charge in [0.15, 0.2) is 6.29 Å². The molecule has 1 aromatic carbocycles. The minimum Gasteiger partial charge on any atom is -0.490 e. The number of aldehydes is 1. The van der Waals surface area contributed by atoms with Gasteiger partial charge in [-0.3, -0.25) is 9.59 Å². The molecule has 1 amide bonds. The zero-order valence-electron chi connectivity index (χ0n) is 18.9. The first kappa shape index (κ1) is 24.6. The van der Waals surface area contributed by atoms with Crippen molar-refractivity contribution in [3.63, 3.8) is 0 Å². The molecule has 3 rings (SSSR count). The van der Waals surface area contributed by atoms with Crippen LogP contribution >= 0.6 is 11.3 Å². The van der Waals surface area contributed by atoms with Crippen molar-refractivity contribution in [1.29, 1.82) is 0 Å². The molecule has 0 radical (unpaired) electrons. The Morgan fingerprint density at radius 1 is 1.27 bits per heavy atom. The second-order valence-electron chi connectivity index (χ2n) is 7.84. The predicted molar refractivity (Wildman–Crippen MR) is 123 cm³/mol. The number of hydrogen-bond donors (Lipinski definition) is 3. The molecular weight excluding hydrogens is 446 g/mol. The highest BCUT2D eigenvalue weighted by Gasteiger charge is 2.21. The number of rotatable bonds is 10. The summed E-state index contributed by atoms with van der Waals surface area (Å²) in [6.07, 6.45) is -1.20. The van der Waals surface area contributed by atoms with Crippen LogP contribution in [0.3, 0.4) is 0 Å². The van der Waals surface area contributed by atoms with E-state index in [0.29, 0.717) is 28.8 Å². The van der Waals surface area contributed by atoms with Crippen LogP contribution in [0.1, 0.15) is 45.3 Å². The second-order valence-corrected chi connectivity index (χ2v) is 8.89. The van der Waals surface area contributed by atoms with E-state index in [9.17, 15) is 19.8 Å². The molecular formula is C23H27N3O6S. The first-order chi connectivity index (χ1) is 15.7. The van der Waals surface area contributed by atoms with Gasteiger partial charge >= 0.3 is 0 Å². The summed E-state index contributed by atoms with van der Waals surface area (Å²) >= 11 is 1.32. The smallest absolute Gasteiger partial charge is 0.268 e. The quantitative estimate of drug-likeness (QED) is 0.381. The lowest BCUT2D eigenvalue weighted by Crippen LogP contribution is -2.33. The number of carbonyl (C=O) groups is 2. The average molecular weight is 474 g/mol. The Labute approximate surface area is 195 Å². The molecule has 4 N–H and O–H groups in total. The lowest BCUT2D eigenvalue weighted by atomic mass is 10.0. The molecule has 0 bridgehead atoms. The van der Waals surface area contributed by atoms with Crippen molar-refractivity contribution < 1.29 is 29.1 Å². The molecule has 1 unspecified atom stereocenters. The van der Waals surface area contributed by atoms with Crippen molar-refractivity contribution in [2.45, 2.75) is 52.7 Å². The molecule has 3 aromatic rings. The van der Waals surface area contributed by atoms with E-state index in [0.717, 1.165) is 39.0 Å². The van der Waals surface area contributed by atoms with Gasteiger partial charge in [-0.1, -0.05) is 12.1 Å². The Balaban J connectivity index is 1.83. The van der Waals surface area contributed by atoms with E-state index in [1.54, 1.807) is 0 Å². The number of nitrogens with two attached hydrogens (primary N) is 1.